The molecule has 0 aliphatic carbocycles. The van der Waals surface area contributed by atoms with Crippen molar-refractivity contribution in [2.75, 3.05) is 6.61 Å². The van der Waals surface area contributed by atoms with E-state index >= 15 is 0 Å². The molecule has 0 saturated carbocycles. The van der Waals surface area contributed by atoms with Crippen LogP contribution in [0.15, 0.2) is 36.4 Å². The van der Waals surface area contributed by atoms with Crippen LogP contribution in [0, 0.1) is 0 Å². The highest BCUT2D eigenvalue weighted by atomic mass is 16.5. The summed E-state index contributed by atoms with van der Waals surface area (Å²) in [7, 11) is 0. The van der Waals surface area contributed by atoms with Gasteiger partial charge in [0.05, 0.1) is 6.10 Å². The standard InChI is InChI=1S/C14H18O2/c1-3-16-14(11-12(2)15)10-9-13-7-5-4-6-8-13/h4-10,14H,3,11H2,1-2H3/b10-9+. The van der Waals surface area contributed by atoms with E-state index in [2.05, 4.69) is 0 Å². The van der Waals surface area contributed by atoms with Crippen LogP contribution in [0.1, 0.15) is 25.8 Å². The predicted molar refractivity (Wildman–Crippen MR) is 66.2 cm³/mol. The molecule has 0 N–H and O–H groups in total. The monoisotopic (exact) mass is 218 g/mol. The molecule has 1 unspecified atom stereocenters. The molecule has 0 aliphatic rings. The third kappa shape index (κ3) is 4.89. The zero-order valence-corrected chi connectivity index (χ0v) is 9.85. The Balaban J connectivity index is 2.60. The Morgan fingerprint density at radius 3 is 2.62 bits per heavy atom. The first kappa shape index (κ1) is 12.7. The fourth-order valence-electron chi connectivity index (χ4n) is 1.46. The summed E-state index contributed by atoms with van der Waals surface area (Å²) in [4.78, 5) is 11.0. The van der Waals surface area contributed by atoms with E-state index in [4.69, 9.17) is 4.74 Å². The average molecular weight is 218 g/mol. The molecule has 0 heterocycles. The molecule has 0 amide bonds. The van der Waals surface area contributed by atoms with Crippen LogP contribution in [0.4, 0.5) is 0 Å². The molecule has 2 nitrogen and oxygen atoms in total. The van der Waals surface area contributed by atoms with E-state index in [0.29, 0.717) is 13.0 Å². The van der Waals surface area contributed by atoms with Gasteiger partial charge in [-0.05, 0) is 19.4 Å². The molecule has 0 bridgehead atoms. The van der Waals surface area contributed by atoms with Crippen molar-refractivity contribution in [3.63, 3.8) is 0 Å². The number of carbonyl (C=O) groups is 1. The Bertz CT molecular complexity index is 341. The van der Waals surface area contributed by atoms with Gasteiger partial charge in [-0.15, -0.1) is 0 Å². The van der Waals surface area contributed by atoms with Crippen LogP contribution < -0.4 is 0 Å². The molecule has 2 heteroatoms. The number of ether oxygens (including phenoxy) is 1. The zero-order valence-electron chi connectivity index (χ0n) is 9.85. The van der Waals surface area contributed by atoms with E-state index < -0.39 is 0 Å². The lowest BCUT2D eigenvalue weighted by Crippen LogP contribution is -2.13. The summed E-state index contributed by atoms with van der Waals surface area (Å²) >= 11 is 0. The summed E-state index contributed by atoms with van der Waals surface area (Å²) in [6.07, 6.45) is 4.27. The van der Waals surface area contributed by atoms with E-state index in [-0.39, 0.29) is 11.9 Å². The maximum absolute atomic E-state index is 11.0. The van der Waals surface area contributed by atoms with E-state index in [1.807, 2.05) is 49.4 Å². The lowest BCUT2D eigenvalue weighted by atomic mass is 10.1. The number of ketones is 1. The Kier molecular flexibility index (Phi) is 5.51. The molecule has 0 fully saturated rings. The van der Waals surface area contributed by atoms with Crippen molar-refractivity contribution in [2.45, 2.75) is 26.4 Å². The van der Waals surface area contributed by atoms with Crippen molar-refractivity contribution in [1.29, 1.82) is 0 Å². The summed E-state index contributed by atoms with van der Waals surface area (Å²) in [5.74, 6) is 0.149. The van der Waals surface area contributed by atoms with E-state index in [1.54, 1.807) is 6.92 Å². The molecule has 1 aromatic carbocycles. The minimum atomic E-state index is -0.109. The SMILES string of the molecule is CCOC(/C=C/c1ccccc1)CC(C)=O. The Morgan fingerprint density at radius 2 is 2.06 bits per heavy atom. The van der Waals surface area contributed by atoms with E-state index in [1.165, 1.54) is 0 Å². The summed E-state index contributed by atoms with van der Waals surface area (Å²) in [6.45, 7) is 4.14. The minimum absolute atomic E-state index is 0.109. The molecule has 0 saturated heterocycles. The molecular weight excluding hydrogens is 200 g/mol. The van der Waals surface area contributed by atoms with Gasteiger partial charge in [0.25, 0.3) is 0 Å². The number of hydrogen-bond donors (Lipinski definition) is 0. The van der Waals surface area contributed by atoms with Gasteiger partial charge in [0.1, 0.15) is 5.78 Å². The van der Waals surface area contributed by atoms with Crippen LogP contribution in [-0.4, -0.2) is 18.5 Å². The molecule has 1 atom stereocenters. The average Bonchev–Trinajstić information content (AvgIpc) is 2.27. The fraction of sp³-hybridized carbons (Fsp3) is 0.357. The second-order valence-electron chi connectivity index (χ2n) is 3.67. The molecule has 86 valence electrons. The molecule has 1 aromatic rings. The molecule has 0 spiro atoms. The summed E-state index contributed by atoms with van der Waals surface area (Å²) in [6, 6.07) is 9.99. The quantitative estimate of drug-likeness (QED) is 0.733. The molecular formula is C14H18O2. The lowest BCUT2D eigenvalue weighted by molar-refractivity contribution is -0.118. The fourth-order valence-corrected chi connectivity index (χ4v) is 1.46. The highest BCUT2D eigenvalue weighted by Gasteiger charge is 2.06. The molecule has 16 heavy (non-hydrogen) atoms. The third-order valence-electron chi connectivity index (χ3n) is 2.17. The van der Waals surface area contributed by atoms with Crippen molar-refractivity contribution in [1.82, 2.24) is 0 Å². The summed E-state index contributed by atoms with van der Waals surface area (Å²) in [5.41, 5.74) is 1.12. The number of hydrogen-bond acceptors (Lipinski definition) is 2. The smallest absolute Gasteiger partial charge is 0.132 e. The van der Waals surface area contributed by atoms with Crippen LogP contribution in [0.5, 0.6) is 0 Å². The Morgan fingerprint density at radius 1 is 1.38 bits per heavy atom. The van der Waals surface area contributed by atoms with Gasteiger partial charge in [0, 0.05) is 13.0 Å². The summed E-state index contributed by atoms with van der Waals surface area (Å²) < 4.78 is 5.47. The number of benzene rings is 1. The zero-order chi connectivity index (χ0) is 11.8. The van der Waals surface area contributed by atoms with Gasteiger partial charge in [-0.2, -0.15) is 0 Å². The van der Waals surface area contributed by atoms with Crippen LogP contribution in [0.2, 0.25) is 0 Å². The van der Waals surface area contributed by atoms with Crippen molar-refractivity contribution < 1.29 is 9.53 Å². The highest BCUT2D eigenvalue weighted by Crippen LogP contribution is 2.07. The second-order valence-corrected chi connectivity index (χ2v) is 3.67. The normalized spacial score (nSPS) is 12.9. The van der Waals surface area contributed by atoms with Crippen LogP contribution in [0.25, 0.3) is 6.08 Å². The van der Waals surface area contributed by atoms with Crippen molar-refractivity contribution >= 4 is 11.9 Å². The lowest BCUT2D eigenvalue weighted by Gasteiger charge is -2.10. The predicted octanol–water partition coefficient (Wildman–Crippen LogP) is 3.08. The molecule has 0 aromatic heterocycles. The molecule has 0 aliphatic heterocycles. The van der Waals surface area contributed by atoms with Gasteiger partial charge in [-0.25, -0.2) is 0 Å². The van der Waals surface area contributed by atoms with Crippen molar-refractivity contribution in [3.05, 3.63) is 42.0 Å². The topological polar surface area (TPSA) is 26.3 Å². The van der Waals surface area contributed by atoms with Crippen LogP contribution in [0.3, 0.4) is 0 Å². The largest absolute Gasteiger partial charge is 0.374 e. The van der Waals surface area contributed by atoms with Crippen LogP contribution >= 0.6 is 0 Å². The number of carbonyl (C=O) groups excluding carboxylic acids is 1. The minimum Gasteiger partial charge on any atom is -0.374 e. The van der Waals surface area contributed by atoms with Gasteiger partial charge >= 0.3 is 0 Å². The maximum atomic E-state index is 11.0. The van der Waals surface area contributed by atoms with Gasteiger partial charge in [-0.1, -0.05) is 42.5 Å². The Hall–Kier alpha value is -1.41. The number of Topliss-reactive ketones (excluding diaryl/α,β-unsaturated/α-hetero) is 1. The van der Waals surface area contributed by atoms with Gasteiger partial charge in [0.15, 0.2) is 0 Å². The van der Waals surface area contributed by atoms with Crippen LogP contribution in [-0.2, 0) is 9.53 Å². The van der Waals surface area contributed by atoms with Gasteiger partial charge in [-0.3, -0.25) is 4.79 Å². The van der Waals surface area contributed by atoms with Gasteiger partial charge in [0.2, 0.25) is 0 Å². The van der Waals surface area contributed by atoms with Crippen molar-refractivity contribution in [2.24, 2.45) is 0 Å². The van der Waals surface area contributed by atoms with Crippen molar-refractivity contribution in [3.8, 4) is 0 Å². The third-order valence-corrected chi connectivity index (χ3v) is 2.17. The first-order chi connectivity index (χ1) is 7.72. The highest BCUT2D eigenvalue weighted by molar-refractivity contribution is 5.76. The maximum Gasteiger partial charge on any atom is 0.132 e. The second kappa shape index (κ2) is 6.96. The molecule has 0 radical (unpaired) electrons. The van der Waals surface area contributed by atoms with Gasteiger partial charge < -0.3 is 4.74 Å². The van der Waals surface area contributed by atoms with E-state index in [9.17, 15) is 4.79 Å². The Labute approximate surface area is 96.9 Å². The first-order valence-corrected chi connectivity index (χ1v) is 5.56. The van der Waals surface area contributed by atoms with E-state index in [0.717, 1.165) is 5.56 Å². The molecule has 1 rings (SSSR count). The first-order valence-electron chi connectivity index (χ1n) is 5.56. The summed E-state index contributed by atoms with van der Waals surface area (Å²) in [5, 5.41) is 0. The number of rotatable bonds is 6.